The Morgan fingerprint density at radius 3 is 2.85 bits per heavy atom. The average molecular weight is 287 g/mol. The molecule has 4 nitrogen and oxygen atoms in total. The van der Waals surface area contributed by atoms with E-state index in [9.17, 15) is 0 Å². The highest BCUT2D eigenvalue weighted by Crippen LogP contribution is 2.34. The number of hydrogen-bond donors (Lipinski definition) is 1. The molecule has 2 heterocycles. The molecule has 5 heteroatoms. The lowest BCUT2D eigenvalue weighted by molar-refractivity contribution is 0.188. The van der Waals surface area contributed by atoms with E-state index in [1.165, 1.54) is 4.88 Å². The number of methoxy groups -OCH3 is 1. The second-order valence-corrected chi connectivity index (χ2v) is 5.99. The van der Waals surface area contributed by atoms with E-state index in [2.05, 4.69) is 23.6 Å². The van der Waals surface area contributed by atoms with Crippen molar-refractivity contribution < 1.29 is 4.74 Å². The molecule has 0 aliphatic rings. The van der Waals surface area contributed by atoms with Gasteiger partial charge in [0.2, 0.25) is 0 Å². The van der Waals surface area contributed by atoms with Gasteiger partial charge in [-0.15, -0.1) is 11.3 Å². The molecule has 0 amide bonds. The third kappa shape index (κ3) is 2.19. The van der Waals surface area contributed by atoms with Crippen LogP contribution in [-0.2, 0) is 11.3 Å². The fourth-order valence-corrected chi connectivity index (χ4v) is 3.18. The molecule has 1 aromatic carbocycles. The van der Waals surface area contributed by atoms with Crippen molar-refractivity contribution in [3.8, 4) is 11.4 Å². The lowest BCUT2D eigenvalue weighted by atomic mass is 10.2. The van der Waals surface area contributed by atoms with E-state index in [-0.39, 0.29) is 0 Å². The number of nitrogen functional groups attached to an aromatic ring is 1. The van der Waals surface area contributed by atoms with Gasteiger partial charge >= 0.3 is 0 Å². The number of para-hydroxylation sites is 2. The summed E-state index contributed by atoms with van der Waals surface area (Å²) in [4.78, 5) is 5.94. The summed E-state index contributed by atoms with van der Waals surface area (Å²) in [5.74, 6) is 0.921. The quantitative estimate of drug-likeness (QED) is 0.801. The van der Waals surface area contributed by atoms with Crippen molar-refractivity contribution in [1.29, 1.82) is 0 Å². The molecule has 104 valence electrons. The highest BCUT2D eigenvalue weighted by atomic mass is 32.1. The zero-order valence-corrected chi connectivity index (χ0v) is 12.4. The minimum Gasteiger partial charge on any atom is -0.390 e. The summed E-state index contributed by atoms with van der Waals surface area (Å²) in [5.41, 5.74) is 9.24. The molecule has 3 aromatic rings. The molecule has 0 spiro atoms. The maximum atomic E-state index is 6.13. The van der Waals surface area contributed by atoms with Crippen LogP contribution in [0.25, 0.3) is 22.4 Å². The number of hydrogen-bond acceptors (Lipinski definition) is 4. The summed E-state index contributed by atoms with van der Waals surface area (Å²) in [7, 11) is 1.71. The van der Waals surface area contributed by atoms with Crippen molar-refractivity contribution in [2.75, 3.05) is 19.5 Å². The van der Waals surface area contributed by atoms with Crippen LogP contribution < -0.4 is 5.73 Å². The first-order valence-electron chi connectivity index (χ1n) is 6.51. The SMILES string of the molecule is COCCn1c(-c2cc(C)sc2N)nc2ccccc21. The van der Waals surface area contributed by atoms with Crippen molar-refractivity contribution in [2.24, 2.45) is 0 Å². The maximum absolute atomic E-state index is 6.13. The van der Waals surface area contributed by atoms with Gasteiger partial charge in [0.15, 0.2) is 0 Å². The van der Waals surface area contributed by atoms with Crippen molar-refractivity contribution in [1.82, 2.24) is 9.55 Å². The molecule has 3 rings (SSSR count). The van der Waals surface area contributed by atoms with Crippen LogP contribution in [0.3, 0.4) is 0 Å². The first-order valence-corrected chi connectivity index (χ1v) is 7.33. The van der Waals surface area contributed by atoms with Gasteiger partial charge in [-0.05, 0) is 25.1 Å². The van der Waals surface area contributed by atoms with Crippen LogP contribution in [-0.4, -0.2) is 23.3 Å². The van der Waals surface area contributed by atoms with Gasteiger partial charge in [0.1, 0.15) is 5.82 Å². The van der Waals surface area contributed by atoms with Gasteiger partial charge in [0, 0.05) is 18.5 Å². The number of nitrogens with two attached hydrogens (primary N) is 1. The summed E-state index contributed by atoms with van der Waals surface area (Å²) in [6.45, 7) is 3.48. The molecular formula is C15H17N3OS. The van der Waals surface area contributed by atoms with Gasteiger partial charge < -0.3 is 15.0 Å². The molecule has 20 heavy (non-hydrogen) atoms. The number of imidazole rings is 1. The van der Waals surface area contributed by atoms with Gasteiger partial charge in [-0.3, -0.25) is 0 Å². The van der Waals surface area contributed by atoms with Gasteiger partial charge in [0.05, 0.1) is 28.2 Å². The van der Waals surface area contributed by atoms with E-state index in [4.69, 9.17) is 15.5 Å². The fraction of sp³-hybridized carbons (Fsp3) is 0.267. The Hall–Kier alpha value is -1.85. The summed E-state index contributed by atoms with van der Waals surface area (Å²) in [6, 6.07) is 10.2. The van der Waals surface area contributed by atoms with Crippen LogP contribution in [0.4, 0.5) is 5.00 Å². The number of anilines is 1. The zero-order chi connectivity index (χ0) is 14.1. The second-order valence-electron chi connectivity index (χ2n) is 4.70. The van der Waals surface area contributed by atoms with E-state index in [0.29, 0.717) is 6.61 Å². The van der Waals surface area contributed by atoms with Crippen LogP contribution in [0.2, 0.25) is 0 Å². The Bertz CT molecular complexity index is 745. The smallest absolute Gasteiger partial charge is 0.144 e. The Morgan fingerprint density at radius 2 is 2.15 bits per heavy atom. The van der Waals surface area contributed by atoms with Crippen molar-refractivity contribution in [2.45, 2.75) is 13.5 Å². The summed E-state index contributed by atoms with van der Waals surface area (Å²) >= 11 is 1.60. The Kier molecular flexibility index (Phi) is 3.46. The normalized spacial score (nSPS) is 11.3. The molecule has 0 saturated heterocycles. The van der Waals surface area contributed by atoms with Gasteiger partial charge in [-0.1, -0.05) is 12.1 Å². The van der Waals surface area contributed by atoms with Gasteiger partial charge in [-0.2, -0.15) is 0 Å². The zero-order valence-electron chi connectivity index (χ0n) is 11.6. The Balaban J connectivity index is 2.20. The van der Waals surface area contributed by atoms with Crippen LogP contribution in [0.15, 0.2) is 30.3 Å². The highest BCUT2D eigenvalue weighted by Gasteiger charge is 2.16. The summed E-state index contributed by atoms with van der Waals surface area (Å²) in [6.07, 6.45) is 0. The van der Waals surface area contributed by atoms with Crippen LogP contribution in [0.5, 0.6) is 0 Å². The summed E-state index contributed by atoms with van der Waals surface area (Å²) < 4.78 is 7.39. The number of aryl methyl sites for hydroxylation is 1. The fourth-order valence-electron chi connectivity index (χ4n) is 2.40. The minimum absolute atomic E-state index is 0.649. The molecule has 0 unspecified atom stereocenters. The topological polar surface area (TPSA) is 53.1 Å². The summed E-state index contributed by atoms with van der Waals surface area (Å²) in [5, 5.41) is 0.816. The first-order chi connectivity index (χ1) is 9.70. The van der Waals surface area contributed by atoms with E-state index >= 15 is 0 Å². The van der Waals surface area contributed by atoms with E-state index in [1.54, 1.807) is 18.4 Å². The lowest BCUT2D eigenvalue weighted by Crippen LogP contribution is -2.06. The van der Waals surface area contributed by atoms with Crippen LogP contribution in [0.1, 0.15) is 4.88 Å². The van der Waals surface area contributed by atoms with Crippen molar-refractivity contribution >= 4 is 27.4 Å². The largest absolute Gasteiger partial charge is 0.390 e. The molecule has 2 N–H and O–H groups in total. The highest BCUT2D eigenvalue weighted by molar-refractivity contribution is 7.16. The Morgan fingerprint density at radius 1 is 1.35 bits per heavy atom. The second kappa shape index (κ2) is 5.26. The molecule has 0 atom stereocenters. The number of nitrogens with zero attached hydrogens (tertiary/aromatic N) is 2. The molecule has 0 aliphatic carbocycles. The molecule has 0 saturated carbocycles. The molecular weight excluding hydrogens is 270 g/mol. The Labute approximate surface area is 121 Å². The number of thiophene rings is 1. The lowest BCUT2D eigenvalue weighted by Gasteiger charge is -2.08. The number of rotatable bonds is 4. The maximum Gasteiger partial charge on any atom is 0.144 e. The average Bonchev–Trinajstić information content (AvgIpc) is 2.96. The van der Waals surface area contributed by atoms with E-state index in [0.717, 1.165) is 34.0 Å². The standard InChI is InChI=1S/C15H17N3OS/c1-10-9-11(14(16)20-10)15-17-12-5-3-4-6-13(12)18(15)7-8-19-2/h3-6,9H,7-8,16H2,1-2H3. The predicted molar refractivity (Wildman–Crippen MR) is 84.1 cm³/mol. The first kappa shape index (κ1) is 13.1. The predicted octanol–water partition coefficient (Wildman–Crippen LogP) is 3.30. The van der Waals surface area contributed by atoms with Crippen LogP contribution in [0, 0.1) is 6.92 Å². The number of fused-ring (bicyclic) bond motifs is 1. The van der Waals surface area contributed by atoms with E-state index < -0.39 is 0 Å². The van der Waals surface area contributed by atoms with Crippen molar-refractivity contribution in [3.05, 3.63) is 35.2 Å². The molecule has 0 radical (unpaired) electrons. The number of aromatic nitrogens is 2. The third-order valence-corrected chi connectivity index (χ3v) is 4.18. The third-order valence-electron chi connectivity index (χ3n) is 3.30. The van der Waals surface area contributed by atoms with Gasteiger partial charge in [0.25, 0.3) is 0 Å². The molecule has 0 fully saturated rings. The number of benzene rings is 1. The van der Waals surface area contributed by atoms with Crippen LogP contribution >= 0.6 is 11.3 Å². The monoisotopic (exact) mass is 287 g/mol. The minimum atomic E-state index is 0.649. The molecule has 0 aliphatic heterocycles. The molecule has 0 bridgehead atoms. The number of ether oxygens (including phenoxy) is 1. The van der Waals surface area contributed by atoms with Gasteiger partial charge in [-0.25, -0.2) is 4.98 Å². The molecule has 2 aromatic heterocycles. The van der Waals surface area contributed by atoms with Crippen molar-refractivity contribution in [3.63, 3.8) is 0 Å². The van der Waals surface area contributed by atoms with E-state index in [1.807, 2.05) is 18.2 Å².